The molecule has 0 bridgehead atoms. The summed E-state index contributed by atoms with van der Waals surface area (Å²) >= 11 is 0. The van der Waals surface area contributed by atoms with Gasteiger partial charge in [-0.3, -0.25) is 4.79 Å². The Kier molecular flexibility index (Phi) is 3.61. The van der Waals surface area contributed by atoms with Gasteiger partial charge >= 0.3 is 0 Å². The number of carbonyl (C=O) groups is 1. The van der Waals surface area contributed by atoms with Gasteiger partial charge in [-0.15, -0.1) is 0 Å². The lowest BCUT2D eigenvalue weighted by Crippen LogP contribution is -2.15. The van der Waals surface area contributed by atoms with Crippen LogP contribution in [0.4, 0.5) is 15.8 Å². The summed E-state index contributed by atoms with van der Waals surface area (Å²) in [5.41, 5.74) is 5.93. The first-order valence-corrected chi connectivity index (χ1v) is 6.00. The monoisotopic (exact) mass is 236 g/mol. The van der Waals surface area contributed by atoms with Gasteiger partial charge in [0, 0.05) is 12.1 Å². The molecule has 1 fully saturated rings. The first-order chi connectivity index (χ1) is 8.15. The molecule has 0 unspecified atom stereocenters. The van der Waals surface area contributed by atoms with Crippen molar-refractivity contribution in [1.82, 2.24) is 0 Å². The molecule has 92 valence electrons. The number of nitrogens with two attached hydrogens (primary N) is 1. The number of amides is 1. The highest BCUT2D eigenvalue weighted by Gasteiger charge is 2.18. The number of carbonyl (C=O) groups excluding carboxylic acids is 1. The third kappa shape index (κ3) is 3.19. The standard InChI is InChI=1S/C13H17FN2O/c14-11-8-10(5-6-12(11)15)16-13(17)7-9-3-1-2-4-9/h5-6,8-9H,1-4,7,15H2,(H,16,17). The number of anilines is 2. The van der Waals surface area contributed by atoms with Crippen LogP contribution in [0.2, 0.25) is 0 Å². The molecule has 2 rings (SSSR count). The van der Waals surface area contributed by atoms with Crippen molar-refractivity contribution in [1.29, 1.82) is 0 Å². The van der Waals surface area contributed by atoms with Crippen LogP contribution in [-0.4, -0.2) is 5.91 Å². The van der Waals surface area contributed by atoms with Crippen LogP contribution in [-0.2, 0) is 4.79 Å². The summed E-state index contributed by atoms with van der Waals surface area (Å²) < 4.78 is 13.2. The number of nitrogens with one attached hydrogen (secondary N) is 1. The molecular weight excluding hydrogens is 219 g/mol. The van der Waals surface area contributed by atoms with Crippen LogP contribution in [0.15, 0.2) is 18.2 Å². The predicted octanol–water partition coefficient (Wildman–Crippen LogP) is 2.93. The molecule has 1 amide bonds. The van der Waals surface area contributed by atoms with E-state index in [1.807, 2.05) is 0 Å². The van der Waals surface area contributed by atoms with E-state index in [1.165, 1.54) is 25.0 Å². The van der Waals surface area contributed by atoms with Crippen LogP contribution in [0, 0.1) is 11.7 Å². The molecule has 17 heavy (non-hydrogen) atoms. The summed E-state index contributed by atoms with van der Waals surface area (Å²) in [5, 5.41) is 2.70. The van der Waals surface area contributed by atoms with E-state index in [4.69, 9.17) is 5.73 Å². The molecule has 0 atom stereocenters. The van der Waals surface area contributed by atoms with E-state index in [9.17, 15) is 9.18 Å². The van der Waals surface area contributed by atoms with Gasteiger partial charge < -0.3 is 11.1 Å². The minimum absolute atomic E-state index is 0.0407. The molecule has 0 spiro atoms. The lowest BCUT2D eigenvalue weighted by atomic mass is 10.0. The fourth-order valence-corrected chi connectivity index (χ4v) is 2.29. The zero-order valence-electron chi connectivity index (χ0n) is 9.71. The second-order valence-electron chi connectivity index (χ2n) is 4.64. The van der Waals surface area contributed by atoms with Crippen molar-refractivity contribution in [2.75, 3.05) is 11.1 Å². The van der Waals surface area contributed by atoms with Gasteiger partial charge in [0.25, 0.3) is 0 Å². The Morgan fingerprint density at radius 1 is 1.41 bits per heavy atom. The molecule has 0 heterocycles. The van der Waals surface area contributed by atoms with Gasteiger partial charge in [0.1, 0.15) is 5.82 Å². The second-order valence-corrected chi connectivity index (χ2v) is 4.64. The molecule has 1 aromatic carbocycles. The predicted molar refractivity (Wildman–Crippen MR) is 66.0 cm³/mol. The van der Waals surface area contributed by atoms with Gasteiger partial charge in [-0.25, -0.2) is 4.39 Å². The number of hydrogen-bond acceptors (Lipinski definition) is 2. The number of hydrogen-bond donors (Lipinski definition) is 2. The zero-order valence-corrected chi connectivity index (χ0v) is 9.71. The van der Waals surface area contributed by atoms with Crippen LogP contribution in [0.1, 0.15) is 32.1 Å². The van der Waals surface area contributed by atoms with Gasteiger partial charge in [0.05, 0.1) is 5.69 Å². The van der Waals surface area contributed by atoms with E-state index in [2.05, 4.69) is 5.32 Å². The normalized spacial score (nSPS) is 16.1. The summed E-state index contributed by atoms with van der Waals surface area (Å²) in [4.78, 5) is 11.7. The highest BCUT2D eigenvalue weighted by atomic mass is 19.1. The van der Waals surface area contributed by atoms with Gasteiger partial charge in [-0.05, 0) is 37.0 Å². The van der Waals surface area contributed by atoms with Crippen LogP contribution in [0.25, 0.3) is 0 Å². The molecular formula is C13H17FN2O. The first kappa shape index (κ1) is 11.9. The van der Waals surface area contributed by atoms with Crippen LogP contribution in [0.3, 0.4) is 0 Å². The minimum Gasteiger partial charge on any atom is -0.396 e. The van der Waals surface area contributed by atoms with E-state index in [0.717, 1.165) is 12.8 Å². The molecule has 1 aromatic rings. The molecule has 0 aromatic heterocycles. The molecule has 0 aliphatic heterocycles. The maximum absolute atomic E-state index is 13.2. The fraction of sp³-hybridized carbons (Fsp3) is 0.462. The molecule has 1 aliphatic rings. The van der Waals surface area contributed by atoms with Crippen molar-refractivity contribution in [2.24, 2.45) is 5.92 Å². The Morgan fingerprint density at radius 3 is 2.76 bits per heavy atom. The molecule has 3 nitrogen and oxygen atoms in total. The molecule has 1 aliphatic carbocycles. The van der Waals surface area contributed by atoms with Crippen molar-refractivity contribution in [3.05, 3.63) is 24.0 Å². The Labute approximate surface area is 100 Å². The third-order valence-electron chi connectivity index (χ3n) is 3.23. The van der Waals surface area contributed by atoms with Gasteiger partial charge in [0.15, 0.2) is 0 Å². The molecule has 0 saturated heterocycles. The van der Waals surface area contributed by atoms with Gasteiger partial charge in [0.2, 0.25) is 5.91 Å². The van der Waals surface area contributed by atoms with Crippen molar-refractivity contribution >= 4 is 17.3 Å². The van der Waals surface area contributed by atoms with E-state index < -0.39 is 5.82 Å². The number of benzene rings is 1. The Morgan fingerprint density at radius 2 is 2.12 bits per heavy atom. The maximum Gasteiger partial charge on any atom is 0.224 e. The second kappa shape index (κ2) is 5.17. The summed E-state index contributed by atoms with van der Waals surface area (Å²) in [6.07, 6.45) is 5.22. The highest BCUT2D eigenvalue weighted by molar-refractivity contribution is 5.91. The topological polar surface area (TPSA) is 55.1 Å². The Balaban J connectivity index is 1.90. The van der Waals surface area contributed by atoms with E-state index >= 15 is 0 Å². The van der Waals surface area contributed by atoms with Crippen molar-refractivity contribution in [2.45, 2.75) is 32.1 Å². The van der Waals surface area contributed by atoms with Gasteiger partial charge in [-0.2, -0.15) is 0 Å². The Bertz CT molecular complexity index is 414. The zero-order chi connectivity index (χ0) is 12.3. The molecule has 0 radical (unpaired) electrons. The summed E-state index contributed by atoms with van der Waals surface area (Å²) in [5.74, 6) is -0.0432. The third-order valence-corrected chi connectivity index (χ3v) is 3.23. The highest BCUT2D eigenvalue weighted by Crippen LogP contribution is 2.27. The van der Waals surface area contributed by atoms with Crippen LogP contribution in [0.5, 0.6) is 0 Å². The van der Waals surface area contributed by atoms with Crippen molar-refractivity contribution in [3.63, 3.8) is 0 Å². The lowest BCUT2D eigenvalue weighted by molar-refractivity contribution is -0.117. The SMILES string of the molecule is Nc1ccc(NC(=O)CC2CCCC2)cc1F. The van der Waals surface area contributed by atoms with Crippen molar-refractivity contribution < 1.29 is 9.18 Å². The average molecular weight is 236 g/mol. The van der Waals surface area contributed by atoms with Crippen molar-refractivity contribution in [3.8, 4) is 0 Å². The van der Waals surface area contributed by atoms with Crippen LogP contribution < -0.4 is 11.1 Å². The first-order valence-electron chi connectivity index (χ1n) is 6.00. The number of rotatable bonds is 3. The summed E-state index contributed by atoms with van der Waals surface area (Å²) in [6, 6.07) is 4.33. The van der Waals surface area contributed by atoms with E-state index in [-0.39, 0.29) is 11.6 Å². The van der Waals surface area contributed by atoms with Crippen LogP contribution >= 0.6 is 0 Å². The van der Waals surface area contributed by atoms with E-state index in [1.54, 1.807) is 6.07 Å². The molecule has 1 saturated carbocycles. The average Bonchev–Trinajstić information content (AvgIpc) is 2.76. The minimum atomic E-state index is -0.497. The fourth-order valence-electron chi connectivity index (χ4n) is 2.29. The quantitative estimate of drug-likeness (QED) is 0.793. The van der Waals surface area contributed by atoms with Gasteiger partial charge in [-0.1, -0.05) is 12.8 Å². The largest absolute Gasteiger partial charge is 0.396 e. The smallest absolute Gasteiger partial charge is 0.224 e. The summed E-state index contributed by atoms with van der Waals surface area (Å²) in [6.45, 7) is 0. The maximum atomic E-state index is 13.2. The Hall–Kier alpha value is -1.58. The summed E-state index contributed by atoms with van der Waals surface area (Å²) in [7, 11) is 0. The molecule has 3 N–H and O–H groups in total. The molecule has 4 heteroatoms. The lowest BCUT2D eigenvalue weighted by Gasteiger charge is -2.10. The number of nitrogen functional groups attached to an aromatic ring is 1. The number of halogens is 1. The van der Waals surface area contributed by atoms with E-state index in [0.29, 0.717) is 18.0 Å².